The summed E-state index contributed by atoms with van der Waals surface area (Å²) >= 11 is 0. The number of rotatable bonds is 6. The van der Waals surface area contributed by atoms with Gasteiger partial charge in [-0.1, -0.05) is 37.6 Å². The van der Waals surface area contributed by atoms with Crippen LogP contribution < -0.4 is 0 Å². The first-order chi connectivity index (χ1) is 11.3. The third kappa shape index (κ3) is 3.55. The number of aromatic carboxylic acids is 1. The largest absolute Gasteiger partial charge is 0.478 e. The minimum absolute atomic E-state index is 0.0822. The molecule has 0 radical (unpaired) electrons. The monoisotopic (exact) mass is 352 g/mol. The number of hydrogen-bond donors (Lipinski definition) is 2. The van der Waals surface area contributed by atoms with E-state index in [9.17, 15) is 27.7 Å². The van der Waals surface area contributed by atoms with Gasteiger partial charge in [-0.25, -0.2) is 9.59 Å². The predicted molar refractivity (Wildman–Crippen MR) is 85.9 cm³/mol. The maximum atomic E-state index is 12.4. The smallest absolute Gasteiger partial charge is 0.339 e. The molecule has 0 aliphatic rings. The van der Waals surface area contributed by atoms with Crippen molar-refractivity contribution in [3.63, 3.8) is 0 Å². The molecule has 2 aromatic carbocycles. The van der Waals surface area contributed by atoms with E-state index in [0.29, 0.717) is 11.8 Å². The van der Waals surface area contributed by atoms with E-state index in [1.165, 1.54) is 12.1 Å². The summed E-state index contributed by atoms with van der Waals surface area (Å²) < 4.78 is 37.6. The first-order valence-corrected chi connectivity index (χ1v) is 8.65. The summed E-state index contributed by atoms with van der Waals surface area (Å²) in [7, 11) is -4.84. The number of esters is 1. The van der Waals surface area contributed by atoms with Gasteiger partial charge in [-0.2, -0.15) is 8.42 Å². The van der Waals surface area contributed by atoms with E-state index >= 15 is 0 Å². The Morgan fingerprint density at radius 1 is 1.17 bits per heavy atom. The minimum atomic E-state index is -4.84. The summed E-state index contributed by atoms with van der Waals surface area (Å²) in [5.41, 5.74) is -1.18. The molecular weight excluding hydrogens is 336 g/mol. The van der Waals surface area contributed by atoms with Gasteiger partial charge in [-0.3, -0.25) is 4.55 Å². The fourth-order valence-electron chi connectivity index (χ4n) is 2.33. The molecule has 2 aromatic rings. The van der Waals surface area contributed by atoms with E-state index in [0.717, 1.165) is 12.5 Å². The molecule has 0 spiro atoms. The molecule has 0 saturated heterocycles. The fraction of sp³-hybridized carbons (Fsp3) is 0.250. The molecule has 0 aromatic heterocycles. The molecule has 0 fully saturated rings. The average Bonchev–Trinajstić information content (AvgIpc) is 2.52. The van der Waals surface area contributed by atoms with Crippen molar-refractivity contribution in [3.05, 3.63) is 41.5 Å². The van der Waals surface area contributed by atoms with Crippen molar-refractivity contribution in [3.8, 4) is 0 Å². The number of hydrogen-bond acceptors (Lipinski definition) is 5. The molecule has 7 nitrogen and oxygen atoms in total. The van der Waals surface area contributed by atoms with Gasteiger partial charge in [-0.15, -0.1) is 0 Å². The maximum Gasteiger partial charge on any atom is 0.339 e. The molecular formula is C16H16O7S. The van der Waals surface area contributed by atoms with Crippen molar-refractivity contribution >= 4 is 32.8 Å². The summed E-state index contributed by atoms with van der Waals surface area (Å²) in [5.74, 6) is -2.58. The van der Waals surface area contributed by atoms with Gasteiger partial charge in [0, 0.05) is 0 Å². The first kappa shape index (κ1) is 17.9. The molecule has 0 aliphatic heterocycles. The van der Waals surface area contributed by atoms with Crippen LogP contribution in [0.15, 0.2) is 35.2 Å². The number of carboxylic acid groups (broad SMARTS) is 1. The Bertz CT molecular complexity index is 900. The third-order valence-electron chi connectivity index (χ3n) is 3.44. The summed E-state index contributed by atoms with van der Waals surface area (Å²) in [6.07, 6.45) is 1.36. The molecule has 0 amide bonds. The third-order valence-corrected chi connectivity index (χ3v) is 4.32. The highest BCUT2D eigenvalue weighted by molar-refractivity contribution is 7.86. The molecule has 2 rings (SSSR count). The van der Waals surface area contributed by atoms with Crippen LogP contribution in [0.2, 0.25) is 0 Å². The van der Waals surface area contributed by atoms with Crippen molar-refractivity contribution in [2.75, 3.05) is 6.61 Å². The van der Waals surface area contributed by atoms with Gasteiger partial charge in [0.2, 0.25) is 0 Å². The van der Waals surface area contributed by atoms with Gasteiger partial charge in [0.25, 0.3) is 10.1 Å². The highest BCUT2D eigenvalue weighted by atomic mass is 32.2. The minimum Gasteiger partial charge on any atom is -0.478 e. The zero-order valence-electron chi connectivity index (χ0n) is 12.9. The summed E-state index contributed by atoms with van der Waals surface area (Å²) in [6, 6.07) is 7.22. The second-order valence-electron chi connectivity index (χ2n) is 5.12. The molecule has 0 heterocycles. The van der Waals surface area contributed by atoms with Crippen molar-refractivity contribution in [2.24, 2.45) is 0 Å². The van der Waals surface area contributed by atoms with Crippen LogP contribution in [-0.2, 0) is 14.9 Å². The van der Waals surface area contributed by atoms with E-state index in [-0.39, 0.29) is 17.6 Å². The lowest BCUT2D eigenvalue weighted by Gasteiger charge is -2.13. The van der Waals surface area contributed by atoms with Gasteiger partial charge < -0.3 is 9.84 Å². The Hall–Kier alpha value is -2.45. The first-order valence-electron chi connectivity index (χ1n) is 7.21. The summed E-state index contributed by atoms with van der Waals surface area (Å²) in [4.78, 5) is 23.1. The van der Waals surface area contributed by atoms with Crippen molar-refractivity contribution in [2.45, 2.75) is 24.7 Å². The van der Waals surface area contributed by atoms with Crippen LogP contribution in [0, 0.1) is 0 Å². The second-order valence-corrected chi connectivity index (χ2v) is 6.51. The van der Waals surface area contributed by atoms with Gasteiger partial charge in [-0.05, 0) is 23.3 Å². The highest BCUT2D eigenvalue weighted by Gasteiger charge is 2.30. The molecule has 0 saturated carbocycles. The van der Waals surface area contributed by atoms with Gasteiger partial charge in [0.1, 0.15) is 4.90 Å². The number of benzene rings is 2. The quantitative estimate of drug-likeness (QED) is 0.466. The topological polar surface area (TPSA) is 118 Å². The van der Waals surface area contributed by atoms with Crippen LogP contribution in [-0.4, -0.2) is 36.6 Å². The Labute approximate surface area is 138 Å². The van der Waals surface area contributed by atoms with Gasteiger partial charge in [0.05, 0.1) is 17.7 Å². The highest BCUT2D eigenvalue weighted by Crippen LogP contribution is 2.30. The van der Waals surface area contributed by atoms with Gasteiger partial charge in [0.15, 0.2) is 0 Å². The molecule has 0 aliphatic carbocycles. The van der Waals surface area contributed by atoms with Crippen molar-refractivity contribution < 1.29 is 32.4 Å². The number of fused-ring (bicyclic) bond motifs is 1. The Kier molecular flexibility index (Phi) is 5.20. The Balaban J connectivity index is 2.80. The average molecular weight is 352 g/mol. The molecule has 24 heavy (non-hydrogen) atoms. The maximum absolute atomic E-state index is 12.4. The van der Waals surface area contributed by atoms with Crippen molar-refractivity contribution in [1.82, 2.24) is 0 Å². The van der Waals surface area contributed by atoms with Crippen molar-refractivity contribution in [1.29, 1.82) is 0 Å². The number of carboxylic acids is 1. The lowest BCUT2D eigenvalue weighted by molar-refractivity contribution is 0.0491. The molecule has 0 bridgehead atoms. The van der Waals surface area contributed by atoms with E-state index in [1.807, 2.05) is 6.92 Å². The second kappa shape index (κ2) is 6.98. The van der Waals surface area contributed by atoms with Crippen LogP contribution in [0.3, 0.4) is 0 Å². The Morgan fingerprint density at radius 2 is 1.83 bits per heavy atom. The number of ether oxygens (including phenoxy) is 1. The Morgan fingerprint density at radius 3 is 2.42 bits per heavy atom. The summed E-state index contributed by atoms with van der Waals surface area (Å²) in [5, 5.41) is 9.95. The van der Waals surface area contributed by atoms with Crippen LogP contribution in [0.25, 0.3) is 10.8 Å². The van der Waals surface area contributed by atoms with E-state index in [1.54, 1.807) is 12.1 Å². The number of carbonyl (C=O) groups is 2. The normalized spacial score (nSPS) is 11.4. The lowest BCUT2D eigenvalue weighted by atomic mass is 9.98. The molecule has 0 unspecified atom stereocenters. The van der Waals surface area contributed by atoms with Crippen LogP contribution >= 0.6 is 0 Å². The fourth-order valence-corrected chi connectivity index (χ4v) is 3.05. The predicted octanol–water partition coefficient (Wildman–Crippen LogP) is 2.74. The van der Waals surface area contributed by atoms with E-state index < -0.39 is 32.5 Å². The van der Waals surface area contributed by atoms with E-state index in [4.69, 9.17) is 4.74 Å². The summed E-state index contributed by atoms with van der Waals surface area (Å²) in [6.45, 7) is 1.98. The van der Waals surface area contributed by atoms with E-state index in [2.05, 4.69) is 0 Å². The molecule has 8 heteroatoms. The standard InChI is InChI=1S/C16H16O7S/c1-2-3-8-23-16(19)13-11-7-5-4-6-10(11)9-12(24(20,21)22)14(13)15(17)18/h4-7,9H,2-3,8H2,1H3,(H,17,18)(H,20,21,22). The number of unbranched alkanes of at least 4 members (excludes halogenated alkanes) is 1. The van der Waals surface area contributed by atoms with Gasteiger partial charge >= 0.3 is 11.9 Å². The SMILES string of the molecule is CCCCOC(=O)c1c(C(=O)O)c(S(=O)(=O)O)cc2ccccc12. The molecule has 2 N–H and O–H groups in total. The van der Waals surface area contributed by atoms with Crippen LogP contribution in [0.1, 0.15) is 40.5 Å². The molecule has 128 valence electrons. The van der Waals surface area contributed by atoms with Crippen LogP contribution in [0.5, 0.6) is 0 Å². The molecule has 0 atom stereocenters. The zero-order valence-corrected chi connectivity index (χ0v) is 13.7. The lowest BCUT2D eigenvalue weighted by Crippen LogP contribution is -2.17. The number of carbonyl (C=O) groups excluding carboxylic acids is 1. The zero-order chi connectivity index (χ0) is 17.9. The van der Waals surface area contributed by atoms with Crippen LogP contribution in [0.4, 0.5) is 0 Å².